The number of amides is 1. The van der Waals surface area contributed by atoms with E-state index in [0.717, 1.165) is 61.4 Å². The molecule has 0 saturated heterocycles. The Kier molecular flexibility index (Phi) is 8.45. The van der Waals surface area contributed by atoms with Crippen LogP contribution in [0.4, 0.5) is 0 Å². The van der Waals surface area contributed by atoms with Crippen molar-refractivity contribution in [3.63, 3.8) is 0 Å². The summed E-state index contributed by atoms with van der Waals surface area (Å²) in [5, 5.41) is 4.07. The first kappa shape index (κ1) is 21.6. The van der Waals surface area contributed by atoms with Crippen LogP contribution in [0.25, 0.3) is 11.0 Å². The molecule has 1 heterocycles. The molecule has 1 aromatic heterocycles. The van der Waals surface area contributed by atoms with Crippen LogP contribution in [0.3, 0.4) is 0 Å². The minimum Gasteiger partial charge on any atom is -1.00 e. The summed E-state index contributed by atoms with van der Waals surface area (Å²) >= 11 is 0. The molecule has 1 amide bonds. The number of halogens is 1. The highest BCUT2D eigenvalue weighted by molar-refractivity contribution is 5.84. The Morgan fingerprint density at radius 1 is 1.22 bits per heavy atom. The highest BCUT2D eigenvalue weighted by Gasteiger charge is 2.18. The van der Waals surface area contributed by atoms with Gasteiger partial charge in [0.2, 0.25) is 0 Å². The Labute approximate surface area is 167 Å². The molecule has 1 aliphatic rings. The Bertz CT molecular complexity index is 740. The summed E-state index contributed by atoms with van der Waals surface area (Å²) in [6.45, 7) is 8.16. The molecular formula is C21H30ClN2O3-. The van der Waals surface area contributed by atoms with Gasteiger partial charge in [-0.25, -0.2) is 0 Å². The quantitative estimate of drug-likeness (QED) is 0.632. The third-order valence-electron chi connectivity index (χ3n) is 5.16. The van der Waals surface area contributed by atoms with Crippen LogP contribution in [0.1, 0.15) is 44.4 Å². The third-order valence-corrected chi connectivity index (χ3v) is 5.16. The van der Waals surface area contributed by atoms with Crippen LogP contribution in [-0.2, 0) is 17.6 Å². The SMILES string of the molecule is CCN(CC)CCCNC(=O)COc1ccc2oc3c(c2c1)CCCC3.[Cl-]. The van der Waals surface area contributed by atoms with E-state index in [-0.39, 0.29) is 24.9 Å². The van der Waals surface area contributed by atoms with Gasteiger partial charge in [0.25, 0.3) is 5.91 Å². The molecule has 5 nitrogen and oxygen atoms in total. The molecule has 150 valence electrons. The molecule has 27 heavy (non-hydrogen) atoms. The number of hydrogen-bond donors (Lipinski definition) is 1. The molecule has 6 heteroatoms. The number of furan rings is 1. The van der Waals surface area contributed by atoms with Crippen molar-refractivity contribution in [2.24, 2.45) is 0 Å². The molecule has 0 unspecified atom stereocenters. The Hall–Kier alpha value is -1.72. The fourth-order valence-corrected chi connectivity index (χ4v) is 3.60. The zero-order valence-corrected chi connectivity index (χ0v) is 17.1. The van der Waals surface area contributed by atoms with Crippen LogP contribution in [-0.4, -0.2) is 43.6 Å². The average molecular weight is 394 g/mol. The molecule has 1 aromatic carbocycles. The lowest BCUT2D eigenvalue weighted by Crippen LogP contribution is -3.00. The Balaban J connectivity index is 0.00000261. The molecule has 2 aromatic rings. The van der Waals surface area contributed by atoms with Gasteiger partial charge in [-0.3, -0.25) is 4.79 Å². The smallest absolute Gasteiger partial charge is 0.257 e. The van der Waals surface area contributed by atoms with Gasteiger partial charge >= 0.3 is 0 Å². The predicted octanol–water partition coefficient (Wildman–Crippen LogP) is 0.543. The monoisotopic (exact) mass is 393 g/mol. The molecule has 0 radical (unpaired) electrons. The third kappa shape index (κ3) is 5.63. The number of hydrogen-bond acceptors (Lipinski definition) is 4. The number of carbonyl (C=O) groups excluding carboxylic acids is 1. The van der Waals surface area contributed by atoms with Crippen molar-refractivity contribution in [1.29, 1.82) is 0 Å². The second kappa shape index (κ2) is 10.6. The van der Waals surface area contributed by atoms with Gasteiger partial charge in [-0.15, -0.1) is 0 Å². The second-order valence-electron chi connectivity index (χ2n) is 6.89. The van der Waals surface area contributed by atoms with Crippen molar-refractivity contribution >= 4 is 16.9 Å². The highest BCUT2D eigenvalue weighted by atomic mass is 35.5. The molecular weight excluding hydrogens is 364 g/mol. The molecule has 1 N–H and O–H groups in total. The summed E-state index contributed by atoms with van der Waals surface area (Å²) in [6.07, 6.45) is 5.46. The molecule has 0 spiro atoms. The first-order valence-corrected chi connectivity index (χ1v) is 9.87. The first-order chi connectivity index (χ1) is 12.7. The Morgan fingerprint density at radius 2 is 2.00 bits per heavy atom. The van der Waals surface area contributed by atoms with Crippen LogP contribution in [0.5, 0.6) is 5.75 Å². The van der Waals surface area contributed by atoms with E-state index in [0.29, 0.717) is 6.54 Å². The molecule has 0 atom stereocenters. The van der Waals surface area contributed by atoms with Crippen LogP contribution in [0.2, 0.25) is 0 Å². The van der Waals surface area contributed by atoms with Crippen molar-refractivity contribution in [1.82, 2.24) is 10.2 Å². The fourth-order valence-electron chi connectivity index (χ4n) is 3.60. The number of fused-ring (bicyclic) bond motifs is 3. The lowest BCUT2D eigenvalue weighted by atomic mass is 9.96. The predicted molar refractivity (Wildman–Crippen MR) is 104 cm³/mol. The standard InChI is InChI=1S/C21H30N2O3.ClH/c1-3-23(4-2)13-7-12-22-21(24)15-25-16-10-11-20-18(14-16)17-8-5-6-9-19(17)26-20;/h10-11,14H,3-9,12-13,15H2,1-2H3,(H,22,24);1H/p-1. The number of rotatable bonds is 9. The molecule has 0 bridgehead atoms. The minimum absolute atomic E-state index is 0. The topological polar surface area (TPSA) is 54.7 Å². The summed E-state index contributed by atoms with van der Waals surface area (Å²) in [6, 6.07) is 5.84. The van der Waals surface area contributed by atoms with E-state index in [4.69, 9.17) is 9.15 Å². The van der Waals surface area contributed by atoms with E-state index in [1.165, 1.54) is 18.4 Å². The maximum atomic E-state index is 12.0. The number of aryl methyl sites for hydroxylation is 2. The largest absolute Gasteiger partial charge is 1.00 e. The molecule has 3 rings (SSSR count). The molecule has 0 saturated carbocycles. The van der Waals surface area contributed by atoms with Gasteiger partial charge in [0.1, 0.15) is 17.1 Å². The van der Waals surface area contributed by atoms with Crippen molar-refractivity contribution < 1.29 is 26.4 Å². The van der Waals surface area contributed by atoms with Crippen molar-refractivity contribution in [2.45, 2.75) is 46.0 Å². The summed E-state index contributed by atoms with van der Waals surface area (Å²) in [5.41, 5.74) is 2.24. The Morgan fingerprint density at radius 3 is 2.78 bits per heavy atom. The maximum absolute atomic E-state index is 12.0. The van der Waals surface area contributed by atoms with Crippen LogP contribution >= 0.6 is 0 Å². The number of ether oxygens (including phenoxy) is 1. The lowest BCUT2D eigenvalue weighted by Gasteiger charge is -2.17. The summed E-state index contributed by atoms with van der Waals surface area (Å²) in [7, 11) is 0. The van der Waals surface area contributed by atoms with Gasteiger partial charge in [0.05, 0.1) is 0 Å². The summed E-state index contributed by atoms with van der Waals surface area (Å²) in [5.74, 6) is 1.78. The molecule has 0 fully saturated rings. The van der Waals surface area contributed by atoms with Crippen LogP contribution in [0.15, 0.2) is 22.6 Å². The zero-order chi connectivity index (χ0) is 18.4. The number of carbonyl (C=O) groups is 1. The fraction of sp³-hybridized carbons (Fsp3) is 0.571. The first-order valence-electron chi connectivity index (χ1n) is 9.87. The van der Waals surface area contributed by atoms with Gasteiger partial charge < -0.3 is 31.8 Å². The van der Waals surface area contributed by atoms with Crippen molar-refractivity contribution in [2.75, 3.05) is 32.8 Å². The average Bonchev–Trinajstić information content (AvgIpc) is 3.04. The van der Waals surface area contributed by atoms with Crippen LogP contribution in [0, 0.1) is 0 Å². The minimum atomic E-state index is -0.0705. The molecule has 1 aliphatic carbocycles. The summed E-state index contributed by atoms with van der Waals surface area (Å²) < 4.78 is 11.6. The van der Waals surface area contributed by atoms with Crippen molar-refractivity contribution in [3.8, 4) is 5.75 Å². The van der Waals surface area contributed by atoms with E-state index in [1.807, 2.05) is 18.2 Å². The summed E-state index contributed by atoms with van der Waals surface area (Å²) in [4.78, 5) is 14.3. The second-order valence-corrected chi connectivity index (χ2v) is 6.89. The van der Waals surface area contributed by atoms with Gasteiger partial charge in [0.15, 0.2) is 6.61 Å². The highest BCUT2D eigenvalue weighted by Crippen LogP contribution is 2.33. The van der Waals surface area contributed by atoms with E-state index >= 15 is 0 Å². The molecule has 0 aliphatic heterocycles. The van der Waals surface area contributed by atoms with Gasteiger partial charge in [0, 0.05) is 23.9 Å². The van der Waals surface area contributed by atoms with Gasteiger partial charge in [-0.2, -0.15) is 0 Å². The van der Waals surface area contributed by atoms with Gasteiger partial charge in [-0.1, -0.05) is 13.8 Å². The van der Waals surface area contributed by atoms with E-state index < -0.39 is 0 Å². The van der Waals surface area contributed by atoms with Gasteiger partial charge in [-0.05, 0) is 63.5 Å². The van der Waals surface area contributed by atoms with E-state index in [1.54, 1.807) is 0 Å². The normalized spacial score (nSPS) is 13.3. The van der Waals surface area contributed by atoms with E-state index in [9.17, 15) is 4.79 Å². The number of nitrogens with zero attached hydrogens (tertiary/aromatic N) is 1. The maximum Gasteiger partial charge on any atom is 0.257 e. The van der Waals surface area contributed by atoms with Crippen LogP contribution < -0.4 is 22.5 Å². The zero-order valence-electron chi connectivity index (χ0n) is 16.4. The van der Waals surface area contributed by atoms with Crippen molar-refractivity contribution in [3.05, 3.63) is 29.5 Å². The lowest BCUT2D eigenvalue weighted by molar-refractivity contribution is -0.123. The van der Waals surface area contributed by atoms with E-state index in [2.05, 4.69) is 24.1 Å². The number of benzene rings is 1. The number of nitrogens with one attached hydrogen (secondary N) is 1.